The lowest BCUT2D eigenvalue weighted by molar-refractivity contribution is -0.194. The second-order valence-electron chi connectivity index (χ2n) is 9.03. The van der Waals surface area contributed by atoms with Crippen molar-refractivity contribution in [2.24, 2.45) is 11.3 Å². The molecule has 1 aliphatic carbocycles. The lowest BCUT2D eigenvalue weighted by Gasteiger charge is -2.20. The Hall–Kier alpha value is -3.24. The van der Waals surface area contributed by atoms with E-state index in [9.17, 15) is 13.2 Å². The number of aryl methyl sites for hydroxylation is 1. The molecule has 11 heteroatoms. The molecule has 1 saturated heterocycles. The number of aromatic nitrogens is 4. The van der Waals surface area contributed by atoms with Gasteiger partial charge in [-0.3, -0.25) is 0 Å². The van der Waals surface area contributed by atoms with Gasteiger partial charge in [0.05, 0.1) is 5.69 Å². The standard InChI is InChI=1S/C22H25F3N6O2/c1-13-10-30(18-9-14(2)29-33-18)11-16(13)15(3)26-20-27-19-17(5-4-8-31(19)28-20)32-12-21(6-7-21)22(23,24)25/h4-5,8-9,15-16H,1,6-7,10-12H2,2-3H3,(H,26,28)/t15-,16?/m1/s1. The smallest absolute Gasteiger partial charge is 0.397 e. The Morgan fingerprint density at radius 3 is 2.85 bits per heavy atom. The maximum Gasteiger partial charge on any atom is 0.397 e. The van der Waals surface area contributed by atoms with Crippen LogP contribution >= 0.6 is 0 Å². The van der Waals surface area contributed by atoms with Crippen LogP contribution in [0, 0.1) is 18.3 Å². The van der Waals surface area contributed by atoms with Crippen LogP contribution in [0.2, 0.25) is 0 Å². The van der Waals surface area contributed by atoms with E-state index in [1.165, 1.54) is 4.52 Å². The summed E-state index contributed by atoms with van der Waals surface area (Å²) in [6, 6.07) is 5.14. The second-order valence-corrected chi connectivity index (χ2v) is 9.03. The topological polar surface area (TPSA) is 80.7 Å². The molecular weight excluding hydrogens is 437 g/mol. The largest absolute Gasteiger partial charge is 0.489 e. The van der Waals surface area contributed by atoms with Crippen LogP contribution in [0.15, 0.2) is 41.1 Å². The Kier molecular flexibility index (Phi) is 5.02. The number of hydrogen-bond acceptors (Lipinski definition) is 7. The number of fused-ring (bicyclic) bond motifs is 1. The van der Waals surface area contributed by atoms with Gasteiger partial charge >= 0.3 is 6.18 Å². The predicted molar refractivity (Wildman–Crippen MR) is 115 cm³/mol. The van der Waals surface area contributed by atoms with E-state index in [0.717, 1.165) is 11.3 Å². The molecule has 1 N–H and O–H groups in total. The number of nitrogens with one attached hydrogen (secondary N) is 1. The van der Waals surface area contributed by atoms with Crippen LogP contribution in [0.3, 0.4) is 0 Å². The molecular formula is C22H25F3N6O2. The fourth-order valence-corrected chi connectivity index (χ4v) is 4.21. The Labute approximate surface area is 188 Å². The minimum absolute atomic E-state index is 0.0340. The number of halogens is 3. The highest BCUT2D eigenvalue weighted by Crippen LogP contribution is 2.57. The molecule has 2 aliphatic rings. The molecule has 2 fully saturated rings. The van der Waals surface area contributed by atoms with Crippen molar-refractivity contribution in [1.29, 1.82) is 0 Å². The molecule has 8 nitrogen and oxygen atoms in total. The number of anilines is 2. The van der Waals surface area contributed by atoms with E-state index in [1.807, 2.05) is 19.9 Å². The molecule has 176 valence electrons. The molecule has 1 saturated carbocycles. The average molecular weight is 462 g/mol. The van der Waals surface area contributed by atoms with Gasteiger partial charge in [-0.1, -0.05) is 17.3 Å². The van der Waals surface area contributed by atoms with Crippen molar-refractivity contribution >= 4 is 17.5 Å². The summed E-state index contributed by atoms with van der Waals surface area (Å²) in [5, 5.41) is 11.7. The lowest BCUT2D eigenvalue weighted by Crippen LogP contribution is -2.30. The molecule has 1 unspecified atom stereocenters. The quantitative estimate of drug-likeness (QED) is 0.526. The van der Waals surface area contributed by atoms with Crippen LogP contribution in [0.5, 0.6) is 5.75 Å². The van der Waals surface area contributed by atoms with E-state index in [2.05, 4.69) is 32.0 Å². The first kappa shape index (κ1) is 21.6. The first-order chi connectivity index (χ1) is 15.6. The first-order valence-corrected chi connectivity index (χ1v) is 10.8. The highest BCUT2D eigenvalue weighted by molar-refractivity contribution is 5.56. The molecule has 4 heterocycles. The van der Waals surface area contributed by atoms with Gasteiger partial charge in [-0.25, -0.2) is 4.52 Å². The molecule has 3 aromatic heterocycles. The second kappa shape index (κ2) is 7.67. The van der Waals surface area contributed by atoms with Gasteiger partial charge in [0.2, 0.25) is 11.8 Å². The van der Waals surface area contributed by atoms with Crippen LogP contribution in [-0.2, 0) is 0 Å². The van der Waals surface area contributed by atoms with Crippen molar-refractivity contribution < 1.29 is 22.4 Å². The minimum atomic E-state index is -4.27. The van der Waals surface area contributed by atoms with Crippen LogP contribution in [-0.4, -0.2) is 51.7 Å². The molecule has 0 aromatic carbocycles. The summed E-state index contributed by atoms with van der Waals surface area (Å²) in [6.45, 7) is 9.07. The predicted octanol–water partition coefficient (Wildman–Crippen LogP) is 4.24. The van der Waals surface area contributed by atoms with Crippen LogP contribution < -0.4 is 15.0 Å². The first-order valence-electron chi connectivity index (χ1n) is 10.8. The van der Waals surface area contributed by atoms with Crippen LogP contribution in [0.25, 0.3) is 5.65 Å². The lowest BCUT2D eigenvalue weighted by atomic mass is 9.97. The number of alkyl halides is 3. The molecule has 2 atom stereocenters. The average Bonchev–Trinajstić information content (AvgIpc) is 3.04. The van der Waals surface area contributed by atoms with Gasteiger partial charge in [0.15, 0.2) is 11.4 Å². The normalized spacial score (nSPS) is 20.9. The van der Waals surface area contributed by atoms with E-state index in [4.69, 9.17) is 9.26 Å². The molecule has 0 amide bonds. The fraction of sp³-hybridized carbons (Fsp3) is 0.500. The molecule has 0 spiro atoms. The van der Waals surface area contributed by atoms with Crippen molar-refractivity contribution in [3.63, 3.8) is 0 Å². The summed E-state index contributed by atoms with van der Waals surface area (Å²) in [4.78, 5) is 6.56. The maximum atomic E-state index is 13.2. The van der Waals surface area contributed by atoms with E-state index in [0.29, 0.717) is 30.6 Å². The zero-order valence-electron chi connectivity index (χ0n) is 18.4. The van der Waals surface area contributed by atoms with Gasteiger partial charge in [-0.2, -0.15) is 18.2 Å². The Balaban J connectivity index is 1.28. The SMILES string of the molecule is C=C1CN(c2cc(C)no2)CC1[C@@H](C)Nc1nc2c(OCC3(C(F)(F)F)CC3)cccn2n1. The summed E-state index contributed by atoms with van der Waals surface area (Å²) in [5.41, 5.74) is 0.500. The van der Waals surface area contributed by atoms with Gasteiger partial charge in [0, 0.05) is 37.3 Å². The Morgan fingerprint density at radius 2 is 2.18 bits per heavy atom. The summed E-state index contributed by atoms with van der Waals surface area (Å²) in [7, 11) is 0. The number of ether oxygens (including phenoxy) is 1. The third-order valence-corrected chi connectivity index (χ3v) is 6.51. The number of hydrogen-bond donors (Lipinski definition) is 1. The summed E-state index contributed by atoms with van der Waals surface area (Å²) in [6.07, 6.45) is -2.40. The summed E-state index contributed by atoms with van der Waals surface area (Å²) in [5.74, 6) is 1.48. The third kappa shape index (κ3) is 4.00. The molecule has 33 heavy (non-hydrogen) atoms. The Bertz CT molecular complexity index is 1180. The minimum Gasteiger partial charge on any atom is -0.489 e. The van der Waals surface area contributed by atoms with E-state index >= 15 is 0 Å². The van der Waals surface area contributed by atoms with Crippen molar-refractivity contribution in [3.8, 4) is 5.75 Å². The van der Waals surface area contributed by atoms with Gasteiger partial charge in [0.25, 0.3) is 0 Å². The van der Waals surface area contributed by atoms with E-state index in [-0.39, 0.29) is 30.6 Å². The number of nitrogens with zero attached hydrogens (tertiary/aromatic N) is 5. The molecule has 0 radical (unpaired) electrons. The van der Waals surface area contributed by atoms with Crippen LogP contribution in [0.4, 0.5) is 25.0 Å². The number of rotatable bonds is 7. The number of pyridine rings is 1. The Morgan fingerprint density at radius 1 is 1.39 bits per heavy atom. The maximum absolute atomic E-state index is 13.2. The van der Waals surface area contributed by atoms with Gasteiger partial charge in [0.1, 0.15) is 12.0 Å². The molecule has 3 aromatic rings. The highest BCUT2D eigenvalue weighted by atomic mass is 19.4. The molecule has 5 rings (SSSR count). The zero-order chi connectivity index (χ0) is 23.4. The van der Waals surface area contributed by atoms with E-state index < -0.39 is 18.2 Å². The molecule has 0 bridgehead atoms. The monoisotopic (exact) mass is 462 g/mol. The van der Waals surface area contributed by atoms with Gasteiger partial charge in [-0.05, 0) is 38.8 Å². The summed E-state index contributed by atoms with van der Waals surface area (Å²) >= 11 is 0. The fourth-order valence-electron chi connectivity index (χ4n) is 4.21. The summed E-state index contributed by atoms with van der Waals surface area (Å²) < 4.78 is 52.1. The van der Waals surface area contributed by atoms with E-state index in [1.54, 1.807) is 18.3 Å². The van der Waals surface area contributed by atoms with Crippen molar-refractivity contribution in [1.82, 2.24) is 19.8 Å². The van der Waals surface area contributed by atoms with Crippen molar-refractivity contribution in [3.05, 3.63) is 42.2 Å². The van der Waals surface area contributed by atoms with Crippen molar-refractivity contribution in [2.45, 2.75) is 38.9 Å². The zero-order valence-corrected chi connectivity index (χ0v) is 18.4. The molecule has 1 aliphatic heterocycles. The van der Waals surface area contributed by atoms with Crippen molar-refractivity contribution in [2.75, 3.05) is 29.9 Å². The van der Waals surface area contributed by atoms with Gasteiger partial charge in [-0.15, -0.1) is 5.10 Å². The highest BCUT2D eigenvalue weighted by Gasteiger charge is 2.64. The van der Waals surface area contributed by atoms with Gasteiger partial charge < -0.3 is 19.5 Å². The van der Waals surface area contributed by atoms with Crippen LogP contribution in [0.1, 0.15) is 25.5 Å². The third-order valence-electron chi connectivity index (χ3n) is 6.51.